The molecule has 0 heterocycles. The molecule has 1 rings (SSSR count). The Kier molecular flexibility index (Phi) is 8.94. The van der Waals surface area contributed by atoms with Crippen molar-refractivity contribution in [3.8, 4) is 0 Å². The van der Waals surface area contributed by atoms with Crippen LogP contribution >= 0.6 is 0 Å². The first-order chi connectivity index (χ1) is 12.7. The highest BCUT2D eigenvalue weighted by Gasteiger charge is 2.44. The first-order valence-corrected chi connectivity index (χ1v) is 8.97. The quantitative estimate of drug-likeness (QED) is 0.378. The molecule has 1 aromatic rings. The van der Waals surface area contributed by atoms with E-state index in [1.807, 2.05) is 6.92 Å². The second kappa shape index (κ2) is 10.7. The Bertz CT molecular complexity index is 624. The normalized spacial score (nSPS) is 15.1. The summed E-state index contributed by atoms with van der Waals surface area (Å²) < 4.78 is 15.2. The summed E-state index contributed by atoms with van der Waals surface area (Å²) in [5.74, 6) is -2.41. The molecule has 3 atom stereocenters. The highest BCUT2D eigenvalue weighted by Crippen LogP contribution is 2.26. The Morgan fingerprint density at radius 1 is 1.11 bits per heavy atom. The van der Waals surface area contributed by atoms with Crippen LogP contribution < -0.4 is 0 Å². The van der Waals surface area contributed by atoms with Gasteiger partial charge < -0.3 is 19.3 Å². The highest BCUT2D eigenvalue weighted by molar-refractivity contribution is 5.82. The SMILES string of the molecule is CCCCC[C@@H](OC(=O)[C@@H](OC(C)=O)c1ccccc1)[C@](C)(O)C(=O)OC. The van der Waals surface area contributed by atoms with Crippen LogP contribution in [0.4, 0.5) is 0 Å². The molecule has 0 saturated carbocycles. The first-order valence-electron chi connectivity index (χ1n) is 8.97. The summed E-state index contributed by atoms with van der Waals surface area (Å²) in [6.45, 7) is 4.43. The number of aliphatic hydroxyl groups is 1. The number of methoxy groups -OCH3 is 1. The zero-order valence-electron chi connectivity index (χ0n) is 16.3. The minimum atomic E-state index is -2.02. The Morgan fingerprint density at radius 2 is 1.74 bits per heavy atom. The molecule has 0 aliphatic rings. The fourth-order valence-corrected chi connectivity index (χ4v) is 2.62. The number of ether oxygens (including phenoxy) is 3. The van der Waals surface area contributed by atoms with Gasteiger partial charge in [0.15, 0.2) is 5.60 Å². The first kappa shape index (κ1) is 22.6. The van der Waals surface area contributed by atoms with E-state index in [9.17, 15) is 19.5 Å². The minimum Gasteiger partial charge on any atom is -0.467 e. The lowest BCUT2D eigenvalue weighted by Crippen LogP contribution is -2.50. The molecule has 0 amide bonds. The van der Waals surface area contributed by atoms with Crippen LogP contribution in [0.1, 0.15) is 58.1 Å². The lowest BCUT2D eigenvalue weighted by molar-refractivity contribution is -0.192. The third-order valence-electron chi connectivity index (χ3n) is 4.15. The second-order valence-corrected chi connectivity index (χ2v) is 6.46. The van der Waals surface area contributed by atoms with Gasteiger partial charge in [0, 0.05) is 12.5 Å². The van der Waals surface area contributed by atoms with E-state index in [4.69, 9.17) is 9.47 Å². The second-order valence-electron chi connectivity index (χ2n) is 6.46. The summed E-state index contributed by atoms with van der Waals surface area (Å²) in [5, 5.41) is 10.6. The molecule has 150 valence electrons. The van der Waals surface area contributed by atoms with E-state index in [1.54, 1.807) is 30.3 Å². The average molecular weight is 380 g/mol. The molecule has 0 spiro atoms. The number of hydrogen-bond donors (Lipinski definition) is 1. The number of benzene rings is 1. The molecule has 0 aliphatic heterocycles. The molecule has 1 N–H and O–H groups in total. The number of carbonyl (C=O) groups is 3. The zero-order valence-corrected chi connectivity index (χ0v) is 16.3. The predicted octanol–water partition coefficient (Wildman–Crippen LogP) is 2.71. The van der Waals surface area contributed by atoms with Crippen molar-refractivity contribution in [2.75, 3.05) is 7.11 Å². The maximum absolute atomic E-state index is 12.7. The molecular weight excluding hydrogens is 352 g/mol. The topological polar surface area (TPSA) is 99.1 Å². The molecule has 0 unspecified atom stereocenters. The molecule has 27 heavy (non-hydrogen) atoms. The summed E-state index contributed by atoms with van der Waals surface area (Å²) in [6, 6.07) is 8.40. The Labute approximate surface area is 159 Å². The Hall–Kier alpha value is -2.41. The molecule has 0 aliphatic carbocycles. The molecule has 7 heteroatoms. The fourth-order valence-electron chi connectivity index (χ4n) is 2.62. The number of unbranched alkanes of at least 4 members (excludes halogenated alkanes) is 2. The van der Waals surface area contributed by atoms with E-state index in [1.165, 1.54) is 13.8 Å². The molecular formula is C20H28O7. The maximum Gasteiger partial charge on any atom is 0.352 e. The Balaban J connectivity index is 3.06. The third kappa shape index (κ3) is 6.67. The van der Waals surface area contributed by atoms with Gasteiger partial charge in [0.25, 0.3) is 0 Å². The van der Waals surface area contributed by atoms with Crippen LogP contribution in [0.25, 0.3) is 0 Å². The van der Waals surface area contributed by atoms with E-state index >= 15 is 0 Å². The molecule has 1 aromatic carbocycles. The van der Waals surface area contributed by atoms with Crippen molar-refractivity contribution in [3.05, 3.63) is 35.9 Å². The van der Waals surface area contributed by atoms with Gasteiger partial charge >= 0.3 is 17.9 Å². The van der Waals surface area contributed by atoms with Crippen molar-refractivity contribution in [2.45, 2.75) is 64.3 Å². The number of esters is 3. The van der Waals surface area contributed by atoms with Crippen LogP contribution in [0.5, 0.6) is 0 Å². The van der Waals surface area contributed by atoms with Gasteiger partial charge in [0.1, 0.15) is 6.10 Å². The molecule has 7 nitrogen and oxygen atoms in total. The number of rotatable bonds is 10. The maximum atomic E-state index is 12.7. The van der Waals surface area contributed by atoms with Crippen LogP contribution in [-0.2, 0) is 28.6 Å². The van der Waals surface area contributed by atoms with E-state index in [0.29, 0.717) is 12.0 Å². The van der Waals surface area contributed by atoms with Gasteiger partial charge in [-0.25, -0.2) is 9.59 Å². The molecule has 0 fully saturated rings. The minimum absolute atomic E-state index is 0.267. The standard InChI is InChI=1S/C20H28O7/c1-5-6-8-13-16(20(3,24)19(23)25-4)27-18(22)17(26-14(2)21)15-11-9-7-10-12-15/h7,9-12,16-17,24H,5-6,8,13H2,1-4H3/t16-,17+,20+/m1/s1. The predicted molar refractivity (Wildman–Crippen MR) is 97.6 cm³/mol. The lowest BCUT2D eigenvalue weighted by atomic mass is 9.94. The monoisotopic (exact) mass is 380 g/mol. The van der Waals surface area contributed by atoms with Gasteiger partial charge in [0.2, 0.25) is 6.10 Å². The van der Waals surface area contributed by atoms with Gasteiger partial charge in [-0.3, -0.25) is 4.79 Å². The van der Waals surface area contributed by atoms with Gasteiger partial charge in [-0.05, 0) is 19.8 Å². The highest BCUT2D eigenvalue weighted by atomic mass is 16.6. The van der Waals surface area contributed by atoms with Gasteiger partial charge in [-0.15, -0.1) is 0 Å². The van der Waals surface area contributed by atoms with E-state index in [2.05, 4.69) is 4.74 Å². The Morgan fingerprint density at radius 3 is 2.26 bits per heavy atom. The summed E-state index contributed by atoms with van der Waals surface area (Å²) >= 11 is 0. The molecule has 0 radical (unpaired) electrons. The van der Waals surface area contributed by atoms with Gasteiger partial charge in [-0.2, -0.15) is 0 Å². The number of carbonyl (C=O) groups excluding carboxylic acids is 3. The van der Waals surface area contributed by atoms with Crippen molar-refractivity contribution in [1.82, 2.24) is 0 Å². The average Bonchev–Trinajstić information content (AvgIpc) is 2.65. The van der Waals surface area contributed by atoms with Crippen LogP contribution in [0, 0.1) is 0 Å². The van der Waals surface area contributed by atoms with Crippen LogP contribution in [-0.4, -0.2) is 41.8 Å². The van der Waals surface area contributed by atoms with E-state index in [-0.39, 0.29) is 6.42 Å². The summed E-state index contributed by atoms with van der Waals surface area (Å²) in [7, 11) is 1.15. The number of hydrogen-bond acceptors (Lipinski definition) is 7. The lowest BCUT2D eigenvalue weighted by Gasteiger charge is -2.31. The van der Waals surface area contributed by atoms with Crippen molar-refractivity contribution < 1.29 is 33.7 Å². The zero-order chi connectivity index (χ0) is 20.4. The largest absolute Gasteiger partial charge is 0.467 e. The van der Waals surface area contributed by atoms with Crippen LogP contribution in [0.3, 0.4) is 0 Å². The van der Waals surface area contributed by atoms with Crippen LogP contribution in [0.2, 0.25) is 0 Å². The van der Waals surface area contributed by atoms with E-state index in [0.717, 1.165) is 20.0 Å². The smallest absolute Gasteiger partial charge is 0.352 e. The van der Waals surface area contributed by atoms with Gasteiger partial charge in [0.05, 0.1) is 7.11 Å². The summed E-state index contributed by atoms with van der Waals surface area (Å²) in [5.41, 5.74) is -1.59. The summed E-state index contributed by atoms with van der Waals surface area (Å²) in [4.78, 5) is 36.1. The van der Waals surface area contributed by atoms with Crippen molar-refractivity contribution in [2.24, 2.45) is 0 Å². The molecule has 0 saturated heterocycles. The van der Waals surface area contributed by atoms with Crippen molar-refractivity contribution in [1.29, 1.82) is 0 Å². The molecule has 0 bridgehead atoms. The van der Waals surface area contributed by atoms with Crippen LogP contribution in [0.15, 0.2) is 30.3 Å². The van der Waals surface area contributed by atoms with Gasteiger partial charge in [-0.1, -0.05) is 50.1 Å². The van der Waals surface area contributed by atoms with Crippen molar-refractivity contribution >= 4 is 17.9 Å². The summed E-state index contributed by atoms with van der Waals surface area (Å²) in [6.07, 6.45) is 0.254. The fraction of sp³-hybridized carbons (Fsp3) is 0.550. The van der Waals surface area contributed by atoms with E-state index < -0.39 is 35.7 Å². The molecule has 0 aromatic heterocycles. The van der Waals surface area contributed by atoms with Crippen molar-refractivity contribution in [3.63, 3.8) is 0 Å². The third-order valence-corrected chi connectivity index (χ3v) is 4.15.